The molecule has 7 nitrogen and oxygen atoms in total. The highest BCUT2D eigenvalue weighted by molar-refractivity contribution is 5.93. The van der Waals surface area contributed by atoms with E-state index in [0.29, 0.717) is 25.6 Å². The average molecular weight is 447 g/mol. The number of methoxy groups -OCH3 is 1. The number of ketones is 1. The number of aromatic nitrogens is 3. The maximum atomic E-state index is 12.1. The number of unbranched alkanes of at least 4 members (excludes halogenated alkanes) is 1. The van der Waals surface area contributed by atoms with Crippen LogP contribution in [0.1, 0.15) is 43.0 Å². The summed E-state index contributed by atoms with van der Waals surface area (Å²) >= 11 is 0. The summed E-state index contributed by atoms with van der Waals surface area (Å²) in [5.41, 5.74) is 2.95. The van der Waals surface area contributed by atoms with Crippen LogP contribution in [-0.4, -0.2) is 34.5 Å². The maximum absolute atomic E-state index is 12.1. The van der Waals surface area contributed by atoms with Crippen molar-refractivity contribution in [2.45, 2.75) is 39.2 Å². The topological polar surface area (TPSA) is 86.2 Å². The second-order valence-electron chi connectivity index (χ2n) is 7.45. The molecule has 7 heteroatoms. The van der Waals surface area contributed by atoms with Gasteiger partial charge in [0.15, 0.2) is 5.78 Å². The summed E-state index contributed by atoms with van der Waals surface area (Å²) in [6.07, 6.45) is 9.66. The summed E-state index contributed by atoms with van der Waals surface area (Å²) < 4.78 is 10.4. The molecule has 0 saturated carbocycles. The Balaban J connectivity index is 1.38. The molecule has 0 bridgehead atoms. The third kappa shape index (κ3) is 8.37. The molecule has 0 unspecified atom stereocenters. The molecule has 0 spiro atoms. The molecule has 1 aromatic carbocycles. The summed E-state index contributed by atoms with van der Waals surface area (Å²) in [5.74, 6) is 1.78. The van der Waals surface area contributed by atoms with E-state index in [1.54, 1.807) is 31.7 Å². The molecule has 2 heterocycles. The number of nitrogens with zero attached hydrogens (tertiary/aromatic N) is 3. The second-order valence-corrected chi connectivity index (χ2v) is 7.45. The Bertz CT molecular complexity index is 1030. The smallest absolute Gasteiger partial charge is 0.316 e. The Labute approximate surface area is 194 Å². The van der Waals surface area contributed by atoms with Gasteiger partial charge in [0, 0.05) is 36.6 Å². The Morgan fingerprint density at radius 1 is 1.06 bits per heavy atom. The number of hydrogen-bond acceptors (Lipinski definition) is 7. The third-order valence-corrected chi connectivity index (χ3v) is 4.93. The van der Waals surface area contributed by atoms with Crippen LogP contribution in [0, 0.1) is 0 Å². The van der Waals surface area contributed by atoms with Crippen molar-refractivity contribution in [1.82, 2.24) is 15.0 Å². The molecule has 0 radical (unpaired) electrons. The molecule has 33 heavy (non-hydrogen) atoms. The molecule has 3 aromatic rings. The van der Waals surface area contributed by atoms with Crippen LogP contribution in [0.2, 0.25) is 0 Å². The number of hydrogen-bond donors (Lipinski definition) is 1. The summed E-state index contributed by atoms with van der Waals surface area (Å²) in [6.45, 7) is 3.10. The van der Waals surface area contributed by atoms with Gasteiger partial charge in [-0.25, -0.2) is 15.0 Å². The number of ether oxygens (including phenoxy) is 2. The van der Waals surface area contributed by atoms with Gasteiger partial charge in [0.05, 0.1) is 13.7 Å². The van der Waals surface area contributed by atoms with Crippen LogP contribution in [0.5, 0.6) is 11.8 Å². The first kappa shape index (κ1) is 23.9. The molecule has 0 aliphatic heterocycles. The summed E-state index contributed by atoms with van der Waals surface area (Å²) in [6, 6.07) is 14.3. The minimum absolute atomic E-state index is 0.0896. The molecular weight excluding hydrogens is 416 g/mol. The van der Waals surface area contributed by atoms with Crippen LogP contribution in [0.25, 0.3) is 6.08 Å². The van der Waals surface area contributed by atoms with Gasteiger partial charge >= 0.3 is 6.01 Å². The quantitative estimate of drug-likeness (QED) is 0.296. The summed E-state index contributed by atoms with van der Waals surface area (Å²) in [5, 5.41) is 3.36. The molecule has 0 amide bonds. The van der Waals surface area contributed by atoms with E-state index < -0.39 is 0 Å². The standard InChI is InChI=1S/C26H30N4O3/c1-3-33-26-28-18-21(19-29-26)11-14-23(31)9-5-4-7-22-8-6-10-25(30-22)27-17-20-12-15-24(32-2)16-13-20/h6,8,10-16,18-19H,3-5,7,9,17H2,1-2H3,(H,27,30). The van der Waals surface area contributed by atoms with Crippen LogP contribution < -0.4 is 14.8 Å². The van der Waals surface area contributed by atoms with Crippen molar-refractivity contribution in [2.24, 2.45) is 0 Å². The van der Waals surface area contributed by atoms with E-state index in [2.05, 4.69) is 20.3 Å². The van der Waals surface area contributed by atoms with Gasteiger partial charge in [0.2, 0.25) is 0 Å². The normalized spacial score (nSPS) is 10.8. The molecular formula is C26H30N4O3. The van der Waals surface area contributed by atoms with Crippen molar-refractivity contribution < 1.29 is 14.3 Å². The largest absolute Gasteiger partial charge is 0.497 e. The van der Waals surface area contributed by atoms with Gasteiger partial charge in [0.25, 0.3) is 0 Å². The van der Waals surface area contributed by atoms with Crippen LogP contribution >= 0.6 is 0 Å². The van der Waals surface area contributed by atoms with Crippen LogP contribution in [0.3, 0.4) is 0 Å². The number of carbonyl (C=O) groups excluding carboxylic acids is 1. The average Bonchev–Trinajstić information content (AvgIpc) is 2.86. The van der Waals surface area contributed by atoms with E-state index in [0.717, 1.165) is 47.7 Å². The Kier molecular flexibility index (Phi) is 9.39. The second kappa shape index (κ2) is 13.0. The van der Waals surface area contributed by atoms with Gasteiger partial charge in [-0.2, -0.15) is 0 Å². The van der Waals surface area contributed by atoms with E-state index in [1.807, 2.05) is 49.4 Å². The van der Waals surface area contributed by atoms with Gasteiger partial charge in [-0.05, 0) is 68.2 Å². The number of aryl methyl sites for hydroxylation is 1. The van der Waals surface area contributed by atoms with Gasteiger partial charge in [0.1, 0.15) is 11.6 Å². The zero-order valence-corrected chi connectivity index (χ0v) is 19.2. The predicted molar refractivity (Wildman–Crippen MR) is 129 cm³/mol. The highest BCUT2D eigenvalue weighted by atomic mass is 16.5. The van der Waals surface area contributed by atoms with Crippen molar-refractivity contribution in [2.75, 3.05) is 19.0 Å². The summed E-state index contributed by atoms with van der Waals surface area (Å²) in [7, 11) is 1.66. The van der Waals surface area contributed by atoms with Gasteiger partial charge in [-0.3, -0.25) is 4.79 Å². The molecule has 172 valence electrons. The monoisotopic (exact) mass is 446 g/mol. The number of anilines is 1. The zero-order chi connectivity index (χ0) is 23.3. The first-order chi connectivity index (χ1) is 16.2. The lowest BCUT2D eigenvalue weighted by atomic mass is 10.1. The fourth-order valence-electron chi connectivity index (χ4n) is 3.15. The third-order valence-electron chi connectivity index (χ3n) is 4.93. The fraction of sp³-hybridized carbons (Fsp3) is 0.308. The molecule has 0 atom stereocenters. The van der Waals surface area contributed by atoms with Gasteiger partial charge in [-0.15, -0.1) is 0 Å². The van der Waals surface area contributed by atoms with Crippen molar-refractivity contribution in [3.8, 4) is 11.8 Å². The van der Waals surface area contributed by atoms with E-state index in [-0.39, 0.29) is 5.78 Å². The zero-order valence-electron chi connectivity index (χ0n) is 19.2. The van der Waals surface area contributed by atoms with E-state index >= 15 is 0 Å². The molecule has 0 saturated heterocycles. The van der Waals surface area contributed by atoms with E-state index in [1.165, 1.54) is 0 Å². The minimum Gasteiger partial charge on any atom is -0.497 e. The van der Waals surface area contributed by atoms with Gasteiger partial charge in [-0.1, -0.05) is 18.2 Å². The molecule has 0 fully saturated rings. The first-order valence-corrected chi connectivity index (χ1v) is 11.1. The Morgan fingerprint density at radius 3 is 2.58 bits per heavy atom. The lowest BCUT2D eigenvalue weighted by Crippen LogP contribution is -2.03. The SMILES string of the molecule is CCOc1ncc(C=CC(=O)CCCCc2cccc(NCc3ccc(OC)cc3)n2)cn1. The number of benzene rings is 1. The Morgan fingerprint density at radius 2 is 1.85 bits per heavy atom. The van der Waals surface area contributed by atoms with Crippen molar-refractivity contribution in [1.29, 1.82) is 0 Å². The number of nitrogens with one attached hydrogen (secondary N) is 1. The lowest BCUT2D eigenvalue weighted by molar-refractivity contribution is -0.114. The van der Waals surface area contributed by atoms with E-state index in [9.17, 15) is 4.79 Å². The fourth-order valence-corrected chi connectivity index (χ4v) is 3.15. The number of carbonyl (C=O) groups is 1. The predicted octanol–water partition coefficient (Wildman–Crippen LogP) is 4.89. The number of allylic oxidation sites excluding steroid dienone is 1. The number of rotatable bonds is 13. The molecule has 0 aliphatic rings. The maximum Gasteiger partial charge on any atom is 0.316 e. The highest BCUT2D eigenvalue weighted by Crippen LogP contribution is 2.14. The molecule has 0 aliphatic carbocycles. The van der Waals surface area contributed by atoms with Crippen LogP contribution in [-0.2, 0) is 17.8 Å². The highest BCUT2D eigenvalue weighted by Gasteiger charge is 2.02. The minimum atomic E-state index is 0.0896. The molecule has 3 rings (SSSR count). The Hall–Kier alpha value is -3.74. The molecule has 2 aromatic heterocycles. The number of pyridine rings is 1. The van der Waals surface area contributed by atoms with Crippen molar-refractivity contribution in [3.05, 3.63) is 77.8 Å². The van der Waals surface area contributed by atoms with Crippen LogP contribution in [0.4, 0.5) is 5.82 Å². The lowest BCUT2D eigenvalue weighted by Gasteiger charge is -2.08. The van der Waals surface area contributed by atoms with Crippen molar-refractivity contribution in [3.63, 3.8) is 0 Å². The first-order valence-electron chi connectivity index (χ1n) is 11.1. The molecule has 1 N–H and O–H groups in total. The van der Waals surface area contributed by atoms with Gasteiger partial charge < -0.3 is 14.8 Å². The van der Waals surface area contributed by atoms with E-state index in [4.69, 9.17) is 9.47 Å². The summed E-state index contributed by atoms with van der Waals surface area (Å²) in [4.78, 5) is 25.0. The van der Waals surface area contributed by atoms with Crippen LogP contribution in [0.15, 0.2) is 60.9 Å². The van der Waals surface area contributed by atoms with Crippen molar-refractivity contribution >= 4 is 17.7 Å².